The van der Waals surface area contributed by atoms with Gasteiger partial charge in [-0.15, -0.1) is 10.2 Å². The number of anilines is 1. The van der Waals surface area contributed by atoms with Gasteiger partial charge in [0.1, 0.15) is 0 Å². The van der Waals surface area contributed by atoms with Gasteiger partial charge in [-0.3, -0.25) is 4.79 Å². The number of carbonyl (C=O) groups excluding carboxylic acids is 1. The van der Waals surface area contributed by atoms with Crippen LogP contribution in [0.2, 0.25) is 0 Å². The first-order valence-electron chi connectivity index (χ1n) is 10.5. The van der Waals surface area contributed by atoms with Crippen LogP contribution in [-0.2, 0) is 11.3 Å². The number of para-hydroxylation sites is 1. The van der Waals surface area contributed by atoms with E-state index in [2.05, 4.69) is 72.9 Å². The summed E-state index contributed by atoms with van der Waals surface area (Å²) in [6, 6.07) is 16.3. The van der Waals surface area contributed by atoms with Crippen molar-refractivity contribution < 1.29 is 4.79 Å². The number of nitrogens with one attached hydrogen (secondary N) is 1. The van der Waals surface area contributed by atoms with Crippen LogP contribution in [0, 0.1) is 0 Å². The van der Waals surface area contributed by atoms with Crippen molar-refractivity contribution in [1.29, 1.82) is 0 Å². The first-order valence-corrected chi connectivity index (χ1v) is 11.4. The van der Waals surface area contributed by atoms with E-state index in [-0.39, 0.29) is 11.7 Å². The molecule has 3 aromatic rings. The Bertz CT molecular complexity index is 969. The quantitative estimate of drug-likeness (QED) is 0.456. The normalized spacial score (nSPS) is 11.3. The molecular formula is C24H30N4OS. The third-order valence-corrected chi connectivity index (χ3v) is 6.00. The Kier molecular flexibility index (Phi) is 7.32. The van der Waals surface area contributed by atoms with E-state index in [0.717, 1.165) is 28.8 Å². The summed E-state index contributed by atoms with van der Waals surface area (Å²) < 4.78 is 2.05. The number of hydrogen-bond donors (Lipinski definition) is 1. The molecule has 0 atom stereocenters. The van der Waals surface area contributed by atoms with Crippen LogP contribution >= 0.6 is 11.8 Å². The lowest BCUT2D eigenvalue weighted by atomic mass is 9.92. The molecule has 0 aliphatic heterocycles. The van der Waals surface area contributed by atoms with Crippen molar-refractivity contribution in [3.05, 3.63) is 59.7 Å². The minimum atomic E-state index is -0.0260. The highest BCUT2D eigenvalue weighted by Gasteiger charge is 2.18. The molecule has 0 aliphatic carbocycles. The van der Waals surface area contributed by atoms with Gasteiger partial charge >= 0.3 is 0 Å². The lowest BCUT2D eigenvalue weighted by molar-refractivity contribution is -0.113. The van der Waals surface area contributed by atoms with Crippen LogP contribution in [-0.4, -0.2) is 26.4 Å². The summed E-state index contributed by atoms with van der Waals surface area (Å²) in [5, 5.41) is 12.6. The van der Waals surface area contributed by atoms with Crippen LogP contribution in [0.4, 0.5) is 5.69 Å². The van der Waals surface area contributed by atoms with Crippen molar-refractivity contribution >= 4 is 23.4 Å². The molecule has 30 heavy (non-hydrogen) atoms. The van der Waals surface area contributed by atoms with E-state index in [1.54, 1.807) is 0 Å². The Morgan fingerprint density at radius 1 is 0.967 bits per heavy atom. The minimum absolute atomic E-state index is 0.0260. The van der Waals surface area contributed by atoms with Gasteiger partial charge < -0.3 is 9.88 Å². The van der Waals surface area contributed by atoms with Crippen molar-refractivity contribution in [3.63, 3.8) is 0 Å². The maximum Gasteiger partial charge on any atom is 0.234 e. The van der Waals surface area contributed by atoms with Crippen LogP contribution in [0.25, 0.3) is 11.4 Å². The zero-order valence-corrected chi connectivity index (χ0v) is 19.2. The Labute approximate surface area is 183 Å². The van der Waals surface area contributed by atoms with Gasteiger partial charge in [0.25, 0.3) is 0 Å². The van der Waals surface area contributed by atoms with E-state index in [1.165, 1.54) is 22.9 Å². The number of thioether (sulfide) groups is 1. The Hall–Kier alpha value is -2.60. The SMILES string of the molecule is CCn1c(SCC(=O)Nc2c(C(C)C)cccc2C(C)C)nnc1-c1ccccc1. The molecule has 0 spiro atoms. The second-order valence-corrected chi connectivity index (χ2v) is 8.82. The number of nitrogens with zero attached hydrogens (tertiary/aromatic N) is 3. The van der Waals surface area contributed by atoms with Crippen LogP contribution in [0.15, 0.2) is 53.7 Å². The number of benzene rings is 2. The van der Waals surface area contributed by atoms with E-state index in [0.29, 0.717) is 11.8 Å². The largest absolute Gasteiger partial charge is 0.325 e. The fraction of sp³-hybridized carbons (Fsp3) is 0.375. The molecule has 3 rings (SSSR count). The van der Waals surface area contributed by atoms with Crippen LogP contribution in [0.5, 0.6) is 0 Å². The molecule has 0 fully saturated rings. The predicted octanol–water partition coefficient (Wildman–Crippen LogP) is 5.94. The number of amides is 1. The summed E-state index contributed by atoms with van der Waals surface area (Å²) in [6.45, 7) is 11.4. The summed E-state index contributed by atoms with van der Waals surface area (Å²) in [5.41, 5.74) is 4.32. The van der Waals surface area contributed by atoms with Crippen molar-refractivity contribution in [2.45, 2.75) is 58.2 Å². The Morgan fingerprint density at radius 2 is 1.60 bits per heavy atom. The summed E-state index contributed by atoms with van der Waals surface area (Å²) >= 11 is 1.42. The van der Waals surface area contributed by atoms with Crippen LogP contribution in [0.3, 0.4) is 0 Å². The molecule has 0 radical (unpaired) electrons. The molecule has 1 N–H and O–H groups in total. The molecule has 0 saturated carbocycles. The molecule has 1 heterocycles. The standard InChI is InChI=1S/C24H30N4OS/c1-6-28-23(18-11-8-7-9-12-18)26-27-24(28)30-15-21(29)25-22-19(16(2)3)13-10-14-20(22)17(4)5/h7-14,16-17H,6,15H2,1-5H3,(H,25,29). The average molecular weight is 423 g/mol. The van der Waals surface area contributed by atoms with E-state index >= 15 is 0 Å². The maximum absolute atomic E-state index is 12.8. The molecule has 0 bridgehead atoms. The molecular weight excluding hydrogens is 392 g/mol. The van der Waals surface area contributed by atoms with Gasteiger partial charge in [-0.25, -0.2) is 0 Å². The molecule has 0 aliphatic rings. The van der Waals surface area contributed by atoms with E-state index in [4.69, 9.17) is 0 Å². The van der Waals surface area contributed by atoms with Gasteiger partial charge in [-0.05, 0) is 29.9 Å². The molecule has 1 amide bonds. The van der Waals surface area contributed by atoms with Crippen LogP contribution < -0.4 is 5.32 Å². The van der Waals surface area contributed by atoms with E-state index < -0.39 is 0 Å². The monoisotopic (exact) mass is 422 g/mol. The van der Waals surface area contributed by atoms with Gasteiger partial charge in [-0.2, -0.15) is 0 Å². The number of aromatic nitrogens is 3. The topological polar surface area (TPSA) is 59.8 Å². The van der Waals surface area contributed by atoms with Crippen molar-refractivity contribution in [2.24, 2.45) is 0 Å². The first kappa shape index (κ1) is 22.1. The van der Waals surface area contributed by atoms with Gasteiger partial charge in [0, 0.05) is 17.8 Å². The maximum atomic E-state index is 12.8. The highest BCUT2D eigenvalue weighted by molar-refractivity contribution is 7.99. The summed E-state index contributed by atoms with van der Waals surface area (Å²) in [7, 11) is 0. The second kappa shape index (κ2) is 9.94. The van der Waals surface area contributed by atoms with E-state index in [9.17, 15) is 4.79 Å². The second-order valence-electron chi connectivity index (χ2n) is 7.87. The average Bonchev–Trinajstić information content (AvgIpc) is 3.15. The van der Waals surface area contributed by atoms with Crippen molar-refractivity contribution in [3.8, 4) is 11.4 Å². The molecule has 5 nitrogen and oxygen atoms in total. The predicted molar refractivity (Wildman–Crippen MR) is 125 cm³/mol. The van der Waals surface area contributed by atoms with Crippen molar-refractivity contribution in [1.82, 2.24) is 14.8 Å². The van der Waals surface area contributed by atoms with Gasteiger partial charge in [0.15, 0.2) is 11.0 Å². The smallest absolute Gasteiger partial charge is 0.234 e. The summed E-state index contributed by atoms with van der Waals surface area (Å²) in [5.74, 6) is 1.76. The molecule has 2 aromatic carbocycles. The highest BCUT2D eigenvalue weighted by atomic mass is 32.2. The molecule has 1 aromatic heterocycles. The Balaban J connectivity index is 1.76. The summed E-state index contributed by atoms with van der Waals surface area (Å²) in [6.07, 6.45) is 0. The minimum Gasteiger partial charge on any atom is -0.325 e. The zero-order valence-electron chi connectivity index (χ0n) is 18.3. The number of hydrogen-bond acceptors (Lipinski definition) is 4. The first-order chi connectivity index (χ1) is 14.4. The third kappa shape index (κ3) is 4.93. The van der Waals surface area contributed by atoms with Crippen molar-refractivity contribution in [2.75, 3.05) is 11.1 Å². The molecule has 158 valence electrons. The van der Waals surface area contributed by atoms with Gasteiger partial charge in [0.05, 0.1) is 5.75 Å². The molecule has 0 saturated heterocycles. The van der Waals surface area contributed by atoms with Gasteiger partial charge in [-0.1, -0.05) is 88.0 Å². The lowest BCUT2D eigenvalue weighted by Crippen LogP contribution is -2.18. The fourth-order valence-corrected chi connectivity index (χ4v) is 4.28. The Morgan fingerprint density at radius 3 is 2.17 bits per heavy atom. The highest BCUT2D eigenvalue weighted by Crippen LogP contribution is 2.32. The number of rotatable bonds is 8. The van der Waals surface area contributed by atoms with Crippen LogP contribution in [0.1, 0.15) is 57.6 Å². The lowest BCUT2D eigenvalue weighted by Gasteiger charge is -2.20. The molecule has 6 heteroatoms. The zero-order chi connectivity index (χ0) is 21.7. The molecule has 0 unspecified atom stereocenters. The van der Waals surface area contributed by atoms with Gasteiger partial charge in [0.2, 0.25) is 5.91 Å². The van der Waals surface area contributed by atoms with E-state index in [1.807, 2.05) is 30.3 Å². The third-order valence-electron chi connectivity index (χ3n) is 5.03. The summed E-state index contributed by atoms with van der Waals surface area (Å²) in [4.78, 5) is 12.8. The number of carbonyl (C=O) groups is 1. The fourth-order valence-electron chi connectivity index (χ4n) is 3.48.